The summed E-state index contributed by atoms with van der Waals surface area (Å²) in [6, 6.07) is 0. The van der Waals surface area contributed by atoms with Gasteiger partial charge < -0.3 is 4.74 Å². The van der Waals surface area contributed by atoms with Gasteiger partial charge in [-0.1, -0.05) is 59.7 Å². The highest BCUT2D eigenvalue weighted by atomic mass is 35.5. The van der Waals surface area contributed by atoms with Gasteiger partial charge in [-0.05, 0) is 12.2 Å². The first kappa shape index (κ1) is 11.0. The molecule has 0 aliphatic heterocycles. The number of allylic oxidation sites excluding steroid dienone is 4. The summed E-state index contributed by atoms with van der Waals surface area (Å²) in [5, 5.41) is -1.63. The molecule has 0 N–H and O–H groups in total. The van der Waals surface area contributed by atoms with Crippen LogP contribution in [0.4, 0.5) is 0 Å². The highest BCUT2D eigenvalue weighted by Gasteiger charge is 2.36. The third-order valence-electron chi connectivity index (χ3n) is 2.32. The Morgan fingerprint density at radius 3 is 1.60 bits per heavy atom. The Balaban J connectivity index is 2.08. The molecule has 2 aliphatic rings. The van der Waals surface area contributed by atoms with Gasteiger partial charge in [-0.25, -0.2) is 0 Å². The van der Waals surface area contributed by atoms with Gasteiger partial charge in [0.25, 0.3) is 0 Å². The molecule has 0 amide bonds. The predicted molar refractivity (Wildman–Crippen MR) is 64.0 cm³/mol. The van der Waals surface area contributed by atoms with Gasteiger partial charge in [-0.15, -0.1) is 0 Å². The van der Waals surface area contributed by atoms with Crippen LogP contribution in [0.3, 0.4) is 0 Å². The van der Waals surface area contributed by atoms with Crippen LogP contribution in [0.25, 0.3) is 0 Å². The Morgan fingerprint density at radius 2 is 1.27 bits per heavy atom. The molecule has 2 atom stereocenters. The maximum Gasteiger partial charge on any atom is 0.166 e. The monoisotopic (exact) mass is 242 g/mol. The van der Waals surface area contributed by atoms with Crippen molar-refractivity contribution in [2.75, 3.05) is 0 Å². The van der Waals surface area contributed by atoms with E-state index in [0.29, 0.717) is 12.8 Å². The summed E-state index contributed by atoms with van der Waals surface area (Å²) < 4.78 is 5.76. The largest absolute Gasteiger partial charge is 0.330 e. The molecule has 0 radical (unpaired) electrons. The number of hydrogen-bond acceptors (Lipinski definition) is 1. The van der Waals surface area contributed by atoms with E-state index in [4.69, 9.17) is 27.9 Å². The first-order valence-corrected chi connectivity index (χ1v) is 5.64. The van der Waals surface area contributed by atoms with Crippen LogP contribution in [0.2, 0.25) is 0 Å². The Labute approximate surface area is 99.7 Å². The van der Waals surface area contributed by atoms with Crippen molar-refractivity contribution in [3.05, 3.63) is 48.6 Å². The van der Waals surface area contributed by atoms with Crippen LogP contribution < -0.4 is 0 Å². The summed E-state index contributed by atoms with van der Waals surface area (Å²) >= 11 is 12.6. The Bertz CT molecular complexity index is 323. The zero-order valence-electron chi connectivity index (χ0n) is 8.20. The second kappa shape index (κ2) is 4.17. The third kappa shape index (κ3) is 2.75. The summed E-state index contributed by atoms with van der Waals surface area (Å²) in [6.45, 7) is 0. The minimum absolute atomic E-state index is 0.636. The summed E-state index contributed by atoms with van der Waals surface area (Å²) in [5.41, 5.74) is 0. The van der Waals surface area contributed by atoms with Gasteiger partial charge in [0.05, 0.1) is 0 Å². The zero-order chi connectivity index (χ0) is 10.8. The fraction of sp³-hybridized carbons (Fsp3) is 0.333. The third-order valence-corrected chi connectivity index (χ3v) is 3.03. The lowest BCUT2D eigenvalue weighted by Crippen LogP contribution is -2.35. The van der Waals surface area contributed by atoms with Crippen molar-refractivity contribution in [1.82, 2.24) is 0 Å². The molecular formula is C12H12Cl2O. The number of halogens is 2. The molecule has 0 saturated heterocycles. The minimum atomic E-state index is -0.813. The van der Waals surface area contributed by atoms with Crippen LogP contribution in [0.15, 0.2) is 48.6 Å². The zero-order valence-corrected chi connectivity index (χ0v) is 9.71. The molecule has 3 heteroatoms. The second-order valence-corrected chi connectivity index (χ2v) is 4.94. The van der Waals surface area contributed by atoms with Crippen LogP contribution in [0.5, 0.6) is 0 Å². The predicted octanol–water partition coefficient (Wildman–Crippen LogP) is 3.91. The normalized spacial score (nSPS) is 38.5. The Hall–Kier alpha value is -0.500. The van der Waals surface area contributed by atoms with E-state index in [2.05, 4.69) is 0 Å². The molecule has 0 aromatic rings. The number of alkyl halides is 2. The van der Waals surface area contributed by atoms with E-state index in [9.17, 15) is 0 Å². The highest BCUT2D eigenvalue weighted by molar-refractivity contribution is 6.27. The molecule has 2 rings (SSSR count). The second-order valence-electron chi connectivity index (χ2n) is 3.66. The van der Waals surface area contributed by atoms with Gasteiger partial charge in [-0.3, -0.25) is 0 Å². The Morgan fingerprint density at radius 1 is 0.800 bits per heavy atom. The quantitative estimate of drug-likeness (QED) is 0.668. The summed E-state index contributed by atoms with van der Waals surface area (Å²) in [7, 11) is 0. The Kier molecular flexibility index (Phi) is 3.06. The number of hydrogen-bond donors (Lipinski definition) is 0. The van der Waals surface area contributed by atoms with Gasteiger partial charge in [-0.2, -0.15) is 0 Å². The first-order valence-electron chi connectivity index (χ1n) is 4.89. The van der Waals surface area contributed by atoms with Gasteiger partial charge in [0.1, 0.15) is 0 Å². The molecule has 15 heavy (non-hydrogen) atoms. The van der Waals surface area contributed by atoms with E-state index in [1.807, 2.05) is 48.6 Å². The van der Waals surface area contributed by atoms with Crippen molar-refractivity contribution in [2.24, 2.45) is 0 Å². The summed E-state index contributed by atoms with van der Waals surface area (Å²) in [5.74, 6) is 0. The van der Waals surface area contributed by atoms with Crippen molar-refractivity contribution in [3.8, 4) is 0 Å². The lowest BCUT2D eigenvalue weighted by molar-refractivity contribution is -0.0114. The van der Waals surface area contributed by atoms with Crippen molar-refractivity contribution < 1.29 is 4.74 Å². The van der Waals surface area contributed by atoms with Gasteiger partial charge in [0, 0.05) is 12.8 Å². The van der Waals surface area contributed by atoms with Crippen molar-refractivity contribution in [2.45, 2.75) is 23.0 Å². The molecular weight excluding hydrogens is 231 g/mol. The van der Waals surface area contributed by atoms with Crippen LogP contribution in [0.1, 0.15) is 12.8 Å². The van der Waals surface area contributed by atoms with Gasteiger partial charge in [0.2, 0.25) is 0 Å². The van der Waals surface area contributed by atoms with E-state index in [-0.39, 0.29) is 0 Å². The summed E-state index contributed by atoms with van der Waals surface area (Å²) in [6.07, 6.45) is 16.5. The van der Waals surface area contributed by atoms with Gasteiger partial charge in [0.15, 0.2) is 10.1 Å². The molecule has 0 aromatic heterocycles. The number of ether oxygens (including phenoxy) is 1. The van der Waals surface area contributed by atoms with Crippen LogP contribution in [0, 0.1) is 0 Å². The van der Waals surface area contributed by atoms with E-state index >= 15 is 0 Å². The lowest BCUT2D eigenvalue weighted by atomic mass is 10.1. The average Bonchev–Trinajstić information content (AvgIpc) is 2.18. The maximum absolute atomic E-state index is 6.30. The average molecular weight is 243 g/mol. The number of rotatable bonds is 2. The molecule has 0 saturated carbocycles. The fourth-order valence-electron chi connectivity index (χ4n) is 1.58. The molecule has 1 nitrogen and oxygen atoms in total. The fourth-order valence-corrected chi connectivity index (χ4v) is 2.22. The molecule has 0 spiro atoms. The highest BCUT2D eigenvalue weighted by Crippen LogP contribution is 2.37. The molecule has 2 unspecified atom stereocenters. The van der Waals surface area contributed by atoms with E-state index in [0.717, 1.165) is 0 Å². The van der Waals surface area contributed by atoms with Crippen LogP contribution in [-0.4, -0.2) is 10.1 Å². The van der Waals surface area contributed by atoms with Crippen LogP contribution >= 0.6 is 23.2 Å². The molecule has 0 bridgehead atoms. The molecule has 0 fully saturated rings. The molecule has 0 heterocycles. The SMILES string of the molecule is ClC1(OC2(Cl)C=CC=CC2)C=CC=CC1. The molecule has 80 valence electrons. The smallest absolute Gasteiger partial charge is 0.166 e. The minimum Gasteiger partial charge on any atom is -0.330 e. The summed E-state index contributed by atoms with van der Waals surface area (Å²) in [4.78, 5) is 0. The standard InChI is InChI=1S/C12H12Cl2O/c13-11(7-3-1-4-8-11)15-12(14)9-5-2-6-10-12/h1-7,9H,8,10H2. The van der Waals surface area contributed by atoms with Gasteiger partial charge >= 0.3 is 0 Å². The van der Waals surface area contributed by atoms with Crippen LogP contribution in [-0.2, 0) is 4.74 Å². The maximum atomic E-state index is 6.30. The van der Waals surface area contributed by atoms with Crippen molar-refractivity contribution in [1.29, 1.82) is 0 Å². The molecule has 0 aromatic carbocycles. The van der Waals surface area contributed by atoms with Crippen molar-refractivity contribution >= 4 is 23.2 Å². The van der Waals surface area contributed by atoms with E-state index in [1.165, 1.54) is 0 Å². The van der Waals surface area contributed by atoms with E-state index < -0.39 is 10.1 Å². The first-order chi connectivity index (χ1) is 7.12. The topological polar surface area (TPSA) is 9.23 Å². The molecule has 2 aliphatic carbocycles. The van der Waals surface area contributed by atoms with Crippen molar-refractivity contribution in [3.63, 3.8) is 0 Å². The van der Waals surface area contributed by atoms with E-state index in [1.54, 1.807) is 0 Å². The lowest BCUT2D eigenvalue weighted by Gasteiger charge is -2.34.